The van der Waals surface area contributed by atoms with Crippen LogP contribution in [0.15, 0.2) is 30.3 Å². The van der Waals surface area contributed by atoms with Gasteiger partial charge in [-0.15, -0.1) is 0 Å². The molecular weight excluding hydrogens is 207 g/mol. The molecular formula is C12H19O2P. The highest BCUT2D eigenvalue weighted by Crippen LogP contribution is 2.29. The molecule has 0 fully saturated rings. The Hall–Kier alpha value is -0.590. The van der Waals surface area contributed by atoms with E-state index in [-0.39, 0.29) is 5.66 Å². The van der Waals surface area contributed by atoms with Crippen molar-refractivity contribution in [2.45, 2.75) is 38.3 Å². The Kier molecular flexibility index (Phi) is 5.67. The van der Waals surface area contributed by atoms with Gasteiger partial charge in [-0.1, -0.05) is 37.3 Å². The van der Waals surface area contributed by atoms with E-state index < -0.39 is 8.03 Å². The molecule has 0 saturated heterocycles. The third-order valence-corrected chi connectivity index (χ3v) is 4.10. The largest absolute Gasteiger partial charge is 0.346 e. The molecule has 15 heavy (non-hydrogen) atoms. The molecule has 1 aromatic rings. The Morgan fingerprint density at radius 1 is 1.33 bits per heavy atom. The van der Waals surface area contributed by atoms with Gasteiger partial charge in [-0.05, 0) is 31.2 Å². The van der Waals surface area contributed by atoms with Crippen LogP contribution >= 0.6 is 8.03 Å². The number of aryl methyl sites for hydroxylation is 1. The van der Waals surface area contributed by atoms with Crippen LogP contribution in [-0.4, -0.2) is 10.6 Å². The molecule has 0 aromatic heterocycles. The number of hydrogen-bond donors (Lipinski definition) is 1. The van der Waals surface area contributed by atoms with Crippen molar-refractivity contribution < 1.29 is 9.46 Å². The first kappa shape index (κ1) is 12.5. The van der Waals surface area contributed by atoms with Crippen molar-refractivity contribution in [3.63, 3.8) is 0 Å². The summed E-state index contributed by atoms with van der Waals surface area (Å²) in [5.41, 5.74) is 1.32. The maximum atomic E-state index is 11.0. The van der Waals surface area contributed by atoms with E-state index in [0.29, 0.717) is 0 Å². The molecule has 0 aliphatic heterocycles. The quantitative estimate of drug-likeness (QED) is 0.756. The molecule has 2 atom stereocenters. The van der Waals surface area contributed by atoms with Crippen molar-refractivity contribution in [3.05, 3.63) is 35.9 Å². The van der Waals surface area contributed by atoms with Crippen molar-refractivity contribution >= 4 is 8.03 Å². The summed E-state index contributed by atoms with van der Waals surface area (Å²) < 4.78 is 11.0. The lowest BCUT2D eigenvalue weighted by atomic mass is 10.1. The Bertz CT molecular complexity index is 298. The van der Waals surface area contributed by atoms with Crippen LogP contribution in [0.4, 0.5) is 0 Å². The van der Waals surface area contributed by atoms with Crippen molar-refractivity contribution in [2.75, 3.05) is 0 Å². The van der Waals surface area contributed by atoms with Crippen LogP contribution in [0.5, 0.6) is 0 Å². The van der Waals surface area contributed by atoms with Crippen LogP contribution in [0.3, 0.4) is 0 Å². The maximum Gasteiger partial charge on any atom is 0.192 e. The standard InChI is InChI=1S/C12H19O2P/c1-2-12(15(13)14)10-6-9-11-7-4-3-5-8-11/h3-5,7-8,12,15H,2,6,9-10H2,1H3,(H,13,14). The highest BCUT2D eigenvalue weighted by molar-refractivity contribution is 7.38. The zero-order valence-corrected chi connectivity index (χ0v) is 10.1. The predicted molar refractivity (Wildman–Crippen MR) is 64.7 cm³/mol. The summed E-state index contributed by atoms with van der Waals surface area (Å²) >= 11 is 0. The van der Waals surface area contributed by atoms with Crippen LogP contribution in [0.1, 0.15) is 31.7 Å². The van der Waals surface area contributed by atoms with Crippen LogP contribution in [0.2, 0.25) is 0 Å². The lowest BCUT2D eigenvalue weighted by molar-refractivity contribution is 0.477. The fraction of sp³-hybridized carbons (Fsp3) is 0.500. The van der Waals surface area contributed by atoms with Gasteiger partial charge in [-0.2, -0.15) is 0 Å². The summed E-state index contributed by atoms with van der Waals surface area (Å²) in [6.07, 6.45) is 3.68. The molecule has 1 aromatic carbocycles. The van der Waals surface area contributed by atoms with Gasteiger partial charge in [0.1, 0.15) is 0 Å². The van der Waals surface area contributed by atoms with Gasteiger partial charge in [0.2, 0.25) is 0 Å². The van der Waals surface area contributed by atoms with E-state index in [2.05, 4.69) is 12.1 Å². The Labute approximate surface area is 92.2 Å². The van der Waals surface area contributed by atoms with E-state index in [9.17, 15) is 4.57 Å². The van der Waals surface area contributed by atoms with Gasteiger partial charge in [-0.25, -0.2) is 0 Å². The second-order valence-electron chi connectivity index (χ2n) is 3.82. The molecule has 0 heterocycles. The van der Waals surface area contributed by atoms with Crippen molar-refractivity contribution in [1.29, 1.82) is 0 Å². The van der Waals surface area contributed by atoms with Gasteiger partial charge in [0, 0.05) is 5.66 Å². The summed E-state index contributed by atoms with van der Waals surface area (Å²) in [6.45, 7) is 1.98. The monoisotopic (exact) mass is 226 g/mol. The number of benzene rings is 1. The molecule has 0 amide bonds. The second kappa shape index (κ2) is 6.81. The third kappa shape index (κ3) is 4.63. The van der Waals surface area contributed by atoms with Gasteiger partial charge in [-0.3, -0.25) is 4.57 Å². The van der Waals surface area contributed by atoms with Crippen LogP contribution in [-0.2, 0) is 11.0 Å². The molecule has 2 unspecified atom stereocenters. The van der Waals surface area contributed by atoms with E-state index >= 15 is 0 Å². The molecule has 0 saturated carbocycles. The van der Waals surface area contributed by atoms with Crippen molar-refractivity contribution in [1.82, 2.24) is 0 Å². The second-order valence-corrected chi connectivity index (χ2v) is 5.31. The average Bonchev–Trinajstić information content (AvgIpc) is 2.25. The summed E-state index contributed by atoms with van der Waals surface area (Å²) in [5, 5.41) is 0. The fourth-order valence-corrected chi connectivity index (χ4v) is 2.50. The zero-order chi connectivity index (χ0) is 11.1. The maximum absolute atomic E-state index is 11.0. The minimum absolute atomic E-state index is 0.0127. The first-order valence-corrected chi connectivity index (χ1v) is 6.94. The van der Waals surface area contributed by atoms with Crippen LogP contribution in [0, 0.1) is 0 Å². The van der Waals surface area contributed by atoms with Crippen molar-refractivity contribution in [2.24, 2.45) is 0 Å². The summed E-state index contributed by atoms with van der Waals surface area (Å²) in [4.78, 5) is 9.06. The Morgan fingerprint density at radius 2 is 2.00 bits per heavy atom. The van der Waals surface area contributed by atoms with Gasteiger partial charge >= 0.3 is 0 Å². The highest BCUT2D eigenvalue weighted by atomic mass is 31.1. The van der Waals surface area contributed by atoms with E-state index in [1.807, 2.05) is 25.1 Å². The lowest BCUT2D eigenvalue weighted by Gasteiger charge is -2.10. The minimum atomic E-state index is -2.33. The Balaban J connectivity index is 2.30. The lowest BCUT2D eigenvalue weighted by Crippen LogP contribution is -2.01. The predicted octanol–water partition coefficient (Wildman–Crippen LogP) is 3.25. The average molecular weight is 226 g/mol. The van der Waals surface area contributed by atoms with Crippen LogP contribution in [0.25, 0.3) is 0 Å². The molecule has 0 aliphatic carbocycles. The van der Waals surface area contributed by atoms with E-state index in [1.165, 1.54) is 5.56 Å². The van der Waals surface area contributed by atoms with Gasteiger partial charge < -0.3 is 4.89 Å². The van der Waals surface area contributed by atoms with E-state index in [0.717, 1.165) is 25.7 Å². The zero-order valence-electron chi connectivity index (χ0n) is 9.15. The third-order valence-electron chi connectivity index (χ3n) is 2.70. The van der Waals surface area contributed by atoms with Crippen molar-refractivity contribution in [3.8, 4) is 0 Å². The first-order chi connectivity index (χ1) is 7.24. The molecule has 0 spiro atoms. The van der Waals surface area contributed by atoms with Gasteiger partial charge in [0.05, 0.1) is 0 Å². The first-order valence-electron chi connectivity index (χ1n) is 5.50. The Morgan fingerprint density at radius 3 is 2.53 bits per heavy atom. The molecule has 2 nitrogen and oxygen atoms in total. The van der Waals surface area contributed by atoms with E-state index in [4.69, 9.17) is 4.89 Å². The molecule has 84 valence electrons. The number of hydrogen-bond acceptors (Lipinski definition) is 1. The minimum Gasteiger partial charge on any atom is -0.346 e. The fourth-order valence-electron chi connectivity index (χ4n) is 1.70. The SMILES string of the molecule is CCC(CCCc1ccccc1)[PH](=O)O. The topological polar surface area (TPSA) is 37.3 Å². The normalized spacial score (nSPS) is 14.8. The van der Waals surface area contributed by atoms with Crippen LogP contribution < -0.4 is 0 Å². The summed E-state index contributed by atoms with van der Waals surface area (Å²) in [7, 11) is -2.33. The molecule has 0 aliphatic rings. The summed E-state index contributed by atoms with van der Waals surface area (Å²) in [6, 6.07) is 10.3. The molecule has 0 radical (unpaired) electrons. The smallest absolute Gasteiger partial charge is 0.192 e. The molecule has 1 rings (SSSR count). The summed E-state index contributed by atoms with van der Waals surface area (Å²) in [5.74, 6) is 0. The van der Waals surface area contributed by atoms with Gasteiger partial charge in [0.25, 0.3) is 0 Å². The highest BCUT2D eigenvalue weighted by Gasteiger charge is 2.10. The molecule has 3 heteroatoms. The number of rotatable bonds is 6. The molecule has 1 N–H and O–H groups in total. The molecule has 0 bridgehead atoms. The van der Waals surface area contributed by atoms with E-state index in [1.54, 1.807) is 0 Å². The van der Waals surface area contributed by atoms with Gasteiger partial charge in [0.15, 0.2) is 8.03 Å².